The maximum absolute atomic E-state index is 5.41. The largest absolute Gasteiger partial charge is 0.497 e. The molecule has 1 aromatic carbocycles. The Morgan fingerprint density at radius 1 is 1.44 bits per heavy atom. The zero-order chi connectivity index (χ0) is 13.3. The van der Waals surface area contributed by atoms with E-state index in [1.807, 2.05) is 30.0 Å². The summed E-state index contributed by atoms with van der Waals surface area (Å²) in [5.74, 6) is 0.854. The standard InChI is InChI=1S/C13H18N2OS2/c1-13(2,18-4)8-15-11-7-9(16-3)5-6-10(11)14-12(15)17/h5-7H,8H2,1-4H3,(H,14,17). The minimum Gasteiger partial charge on any atom is -0.497 e. The Kier molecular flexibility index (Phi) is 3.73. The summed E-state index contributed by atoms with van der Waals surface area (Å²) in [6.07, 6.45) is 2.12. The molecule has 0 atom stereocenters. The number of nitrogens with one attached hydrogen (secondary N) is 1. The van der Waals surface area contributed by atoms with Gasteiger partial charge in [-0.15, -0.1) is 0 Å². The molecule has 0 fully saturated rings. The smallest absolute Gasteiger partial charge is 0.178 e. The summed E-state index contributed by atoms with van der Waals surface area (Å²) >= 11 is 7.25. The van der Waals surface area contributed by atoms with Crippen molar-refractivity contribution in [1.29, 1.82) is 0 Å². The quantitative estimate of drug-likeness (QED) is 0.864. The highest BCUT2D eigenvalue weighted by Crippen LogP contribution is 2.27. The van der Waals surface area contributed by atoms with E-state index in [9.17, 15) is 0 Å². The summed E-state index contributed by atoms with van der Waals surface area (Å²) in [5.41, 5.74) is 2.15. The van der Waals surface area contributed by atoms with Gasteiger partial charge in [-0.05, 0) is 44.5 Å². The molecule has 0 unspecified atom stereocenters. The lowest BCUT2D eigenvalue weighted by atomic mass is 10.2. The van der Waals surface area contributed by atoms with Crippen molar-refractivity contribution in [2.45, 2.75) is 25.1 Å². The number of hydrogen-bond acceptors (Lipinski definition) is 3. The first-order valence-corrected chi connectivity index (χ1v) is 7.42. The summed E-state index contributed by atoms with van der Waals surface area (Å²) in [6.45, 7) is 5.32. The lowest BCUT2D eigenvalue weighted by molar-refractivity contribution is 0.415. The Bertz CT molecular complexity index is 613. The molecule has 0 spiro atoms. The number of thioether (sulfide) groups is 1. The van der Waals surface area contributed by atoms with Crippen LogP contribution < -0.4 is 4.74 Å². The summed E-state index contributed by atoms with van der Waals surface area (Å²) in [6, 6.07) is 5.97. The van der Waals surface area contributed by atoms with Gasteiger partial charge in [-0.2, -0.15) is 11.8 Å². The first kappa shape index (κ1) is 13.5. The van der Waals surface area contributed by atoms with Crippen molar-refractivity contribution in [2.24, 2.45) is 0 Å². The number of imidazole rings is 1. The fraction of sp³-hybridized carbons (Fsp3) is 0.462. The highest BCUT2D eigenvalue weighted by atomic mass is 32.2. The van der Waals surface area contributed by atoms with Crippen molar-refractivity contribution in [3.63, 3.8) is 0 Å². The van der Waals surface area contributed by atoms with Crippen LogP contribution in [0.2, 0.25) is 0 Å². The molecule has 0 saturated heterocycles. The van der Waals surface area contributed by atoms with E-state index in [0.717, 1.165) is 28.1 Å². The fourth-order valence-corrected chi connectivity index (χ4v) is 2.39. The van der Waals surface area contributed by atoms with Gasteiger partial charge in [0.2, 0.25) is 0 Å². The molecule has 1 heterocycles. The van der Waals surface area contributed by atoms with Crippen LogP contribution in [0.15, 0.2) is 18.2 Å². The summed E-state index contributed by atoms with van der Waals surface area (Å²) < 4.78 is 8.33. The number of benzene rings is 1. The van der Waals surface area contributed by atoms with Crippen LogP contribution in [0.1, 0.15) is 13.8 Å². The minimum absolute atomic E-state index is 0.149. The maximum atomic E-state index is 5.41. The van der Waals surface area contributed by atoms with Gasteiger partial charge in [-0.3, -0.25) is 0 Å². The van der Waals surface area contributed by atoms with Crippen LogP contribution in [0.25, 0.3) is 11.0 Å². The zero-order valence-corrected chi connectivity index (χ0v) is 12.7. The first-order valence-electron chi connectivity index (χ1n) is 5.78. The molecule has 18 heavy (non-hydrogen) atoms. The van der Waals surface area contributed by atoms with Gasteiger partial charge in [0.1, 0.15) is 5.75 Å². The van der Waals surface area contributed by atoms with Gasteiger partial charge < -0.3 is 14.3 Å². The number of ether oxygens (including phenoxy) is 1. The number of rotatable bonds is 4. The number of nitrogens with zero attached hydrogens (tertiary/aromatic N) is 1. The van der Waals surface area contributed by atoms with Gasteiger partial charge in [-0.1, -0.05) is 0 Å². The van der Waals surface area contributed by atoms with E-state index in [1.165, 1.54) is 0 Å². The molecule has 3 nitrogen and oxygen atoms in total. The van der Waals surface area contributed by atoms with Gasteiger partial charge in [0.25, 0.3) is 0 Å². The number of methoxy groups -OCH3 is 1. The molecule has 0 aliphatic heterocycles. The Morgan fingerprint density at radius 2 is 2.17 bits per heavy atom. The molecule has 98 valence electrons. The number of aromatic nitrogens is 2. The van der Waals surface area contributed by atoms with E-state index in [1.54, 1.807) is 7.11 Å². The molecule has 5 heteroatoms. The summed E-state index contributed by atoms with van der Waals surface area (Å²) in [4.78, 5) is 3.24. The second kappa shape index (κ2) is 4.97. The van der Waals surface area contributed by atoms with E-state index in [0.29, 0.717) is 0 Å². The van der Waals surface area contributed by atoms with Crippen molar-refractivity contribution in [3.05, 3.63) is 23.0 Å². The predicted molar refractivity (Wildman–Crippen MR) is 81.3 cm³/mol. The topological polar surface area (TPSA) is 29.9 Å². The third kappa shape index (κ3) is 2.57. The maximum Gasteiger partial charge on any atom is 0.178 e. The number of fused-ring (bicyclic) bond motifs is 1. The summed E-state index contributed by atoms with van der Waals surface area (Å²) in [7, 11) is 1.68. The van der Waals surface area contributed by atoms with Crippen molar-refractivity contribution in [3.8, 4) is 5.75 Å². The molecule has 0 amide bonds. The molecule has 0 aliphatic rings. The van der Waals surface area contributed by atoms with E-state index in [-0.39, 0.29) is 4.75 Å². The molecular formula is C13H18N2OS2. The van der Waals surface area contributed by atoms with Gasteiger partial charge in [0.15, 0.2) is 4.77 Å². The molecule has 0 saturated carbocycles. The van der Waals surface area contributed by atoms with Crippen molar-refractivity contribution >= 4 is 35.0 Å². The van der Waals surface area contributed by atoms with Gasteiger partial charge >= 0.3 is 0 Å². The minimum atomic E-state index is 0.149. The lowest BCUT2D eigenvalue weighted by Crippen LogP contribution is -2.22. The first-order chi connectivity index (χ1) is 8.46. The van der Waals surface area contributed by atoms with Crippen LogP contribution in [0.3, 0.4) is 0 Å². The highest BCUT2D eigenvalue weighted by Gasteiger charge is 2.19. The Balaban J connectivity index is 2.55. The SMILES string of the molecule is COc1ccc2[nH]c(=S)n(CC(C)(C)SC)c2c1. The molecule has 2 rings (SSSR count). The van der Waals surface area contributed by atoms with Crippen molar-refractivity contribution < 1.29 is 4.74 Å². The second-order valence-corrected chi connectivity index (χ2v) is 6.76. The average molecular weight is 282 g/mol. The third-order valence-corrected chi connectivity index (χ3v) is 4.63. The van der Waals surface area contributed by atoms with Crippen molar-refractivity contribution in [1.82, 2.24) is 9.55 Å². The van der Waals surface area contributed by atoms with Crippen LogP contribution in [0.5, 0.6) is 5.75 Å². The van der Waals surface area contributed by atoms with E-state index >= 15 is 0 Å². The number of hydrogen-bond donors (Lipinski definition) is 1. The third-order valence-electron chi connectivity index (χ3n) is 3.07. The molecule has 0 bridgehead atoms. The van der Waals surface area contributed by atoms with Gasteiger partial charge in [-0.25, -0.2) is 0 Å². The van der Waals surface area contributed by atoms with Crippen LogP contribution in [0.4, 0.5) is 0 Å². The lowest BCUT2D eigenvalue weighted by Gasteiger charge is -2.22. The van der Waals surface area contributed by atoms with E-state index in [2.05, 4.69) is 29.7 Å². The number of H-pyrrole nitrogens is 1. The summed E-state index contributed by atoms with van der Waals surface area (Å²) in [5, 5.41) is 0. The Labute approximate surface area is 117 Å². The molecule has 1 aromatic heterocycles. The highest BCUT2D eigenvalue weighted by molar-refractivity contribution is 7.99. The predicted octanol–water partition coefficient (Wildman–Crippen LogP) is 3.85. The van der Waals surface area contributed by atoms with Crippen LogP contribution in [0, 0.1) is 4.77 Å². The zero-order valence-electron chi connectivity index (χ0n) is 11.1. The van der Waals surface area contributed by atoms with Crippen LogP contribution >= 0.6 is 24.0 Å². The van der Waals surface area contributed by atoms with E-state index < -0.39 is 0 Å². The monoisotopic (exact) mass is 282 g/mol. The van der Waals surface area contributed by atoms with E-state index in [4.69, 9.17) is 17.0 Å². The average Bonchev–Trinajstić information content (AvgIpc) is 2.65. The van der Waals surface area contributed by atoms with Crippen molar-refractivity contribution in [2.75, 3.05) is 13.4 Å². The molecule has 0 radical (unpaired) electrons. The Morgan fingerprint density at radius 3 is 2.78 bits per heavy atom. The Hall–Kier alpha value is -0.940. The fourth-order valence-electron chi connectivity index (χ4n) is 1.86. The van der Waals surface area contributed by atoms with Crippen LogP contribution in [-0.2, 0) is 6.54 Å². The normalized spacial score (nSPS) is 12.0. The molecule has 2 aromatic rings. The van der Waals surface area contributed by atoms with Gasteiger partial charge in [0.05, 0.1) is 18.1 Å². The van der Waals surface area contributed by atoms with Gasteiger partial charge in [0, 0.05) is 17.4 Å². The second-order valence-electron chi connectivity index (χ2n) is 4.86. The molecule has 0 aliphatic carbocycles. The van der Waals surface area contributed by atoms with Crippen LogP contribution in [-0.4, -0.2) is 27.7 Å². The molecular weight excluding hydrogens is 264 g/mol. The number of aromatic amines is 1. The molecule has 1 N–H and O–H groups in total.